The van der Waals surface area contributed by atoms with Crippen molar-refractivity contribution in [3.05, 3.63) is 76.0 Å². The van der Waals surface area contributed by atoms with E-state index < -0.39 is 11.6 Å². The van der Waals surface area contributed by atoms with Crippen molar-refractivity contribution in [2.75, 3.05) is 10.5 Å². The van der Waals surface area contributed by atoms with Gasteiger partial charge in [-0.2, -0.15) is 0 Å². The summed E-state index contributed by atoms with van der Waals surface area (Å²) in [6.45, 7) is 2.04. The van der Waals surface area contributed by atoms with Gasteiger partial charge in [0.1, 0.15) is 11.6 Å². The van der Waals surface area contributed by atoms with Crippen LogP contribution in [0.2, 0.25) is 0 Å². The number of hydrogen-bond acceptors (Lipinski definition) is 5. The highest BCUT2D eigenvalue weighted by Crippen LogP contribution is 2.40. The lowest BCUT2D eigenvalue weighted by Crippen LogP contribution is -2.15. The van der Waals surface area contributed by atoms with Crippen molar-refractivity contribution in [2.24, 2.45) is 7.05 Å². The highest BCUT2D eigenvalue weighted by molar-refractivity contribution is 8.00. The number of ether oxygens (including phenoxy) is 1. The minimum absolute atomic E-state index is 0.0754. The molecular formula is C22H18F2N2O2S2. The predicted octanol–water partition coefficient (Wildman–Crippen LogP) is 6.42. The molecule has 0 spiro atoms. The van der Waals surface area contributed by atoms with Gasteiger partial charge in [-0.25, -0.2) is 8.78 Å². The summed E-state index contributed by atoms with van der Waals surface area (Å²) in [7, 11) is 1.69. The van der Waals surface area contributed by atoms with E-state index >= 15 is 0 Å². The number of pyridine rings is 1. The Morgan fingerprint density at radius 2 is 1.90 bits per heavy atom. The summed E-state index contributed by atoms with van der Waals surface area (Å²) in [4.78, 5) is 12.5. The second kappa shape index (κ2) is 8.49. The summed E-state index contributed by atoms with van der Waals surface area (Å²) in [6.07, 6.45) is 1.75. The van der Waals surface area contributed by atoms with E-state index in [4.69, 9.17) is 4.74 Å². The van der Waals surface area contributed by atoms with Crippen LogP contribution in [-0.4, -0.2) is 10.3 Å². The molecule has 0 bridgehead atoms. The van der Waals surface area contributed by atoms with Crippen molar-refractivity contribution in [3.63, 3.8) is 0 Å². The van der Waals surface area contributed by atoms with Gasteiger partial charge in [0.25, 0.3) is 5.56 Å². The number of aromatic nitrogens is 1. The molecule has 2 aromatic heterocycles. The number of halogens is 2. The highest BCUT2D eigenvalue weighted by atomic mass is 32.2. The number of nitrogens with one attached hydrogen (secondary N) is 1. The Bertz CT molecular complexity index is 1280. The Morgan fingerprint density at radius 1 is 1.10 bits per heavy atom. The molecule has 2 aromatic carbocycles. The highest BCUT2D eigenvalue weighted by Gasteiger charge is 2.17. The molecule has 4 nitrogen and oxygen atoms in total. The number of fused-ring (bicyclic) bond motifs is 1. The van der Waals surface area contributed by atoms with E-state index in [9.17, 15) is 13.6 Å². The molecule has 8 heteroatoms. The lowest BCUT2D eigenvalue weighted by molar-refractivity contribution is 0.439. The maximum Gasteiger partial charge on any atom is 0.259 e. The summed E-state index contributed by atoms with van der Waals surface area (Å²) in [5.41, 5.74) is 2.26. The van der Waals surface area contributed by atoms with Crippen molar-refractivity contribution < 1.29 is 13.5 Å². The zero-order valence-corrected chi connectivity index (χ0v) is 17.9. The van der Waals surface area contributed by atoms with Crippen LogP contribution in [0.1, 0.15) is 6.92 Å². The largest absolute Gasteiger partial charge is 0.454 e. The summed E-state index contributed by atoms with van der Waals surface area (Å²) < 4.78 is 38.9. The number of hydrogen-bond donors (Lipinski definition) is 1. The molecular weight excluding hydrogens is 426 g/mol. The quantitative estimate of drug-likeness (QED) is 0.349. The first kappa shape index (κ1) is 20.4. The van der Waals surface area contributed by atoms with Gasteiger partial charge in [0.2, 0.25) is 0 Å². The van der Waals surface area contributed by atoms with Gasteiger partial charge >= 0.3 is 0 Å². The van der Waals surface area contributed by atoms with E-state index in [1.54, 1.807) is 37.3 Å². The molecule has 154 valence electrons. The van der Waals surface area contributed by atoms with Crippen LogP contribution in [0.25, 0.3) is 21.2 Å². The maximum absolute atomic E-state index is 14.2. The number of aryl methyl sites for hydroxylation is 1. The van der Waals surface area contributed by atoms with Crippen LogP contribution in [0.5, 0.6) is 11.5 Å². The van der Waals surface area contributed by atoms with Crippen molar-refractivity contribution in [1.29, 1.82) is 0 Å². The number of rotatable bonds is 6. The second-order valence-electron chi connectivity index (χ2n) is 6.55. The van der Waals surface area contributed by atoms with Crippen LogP contribution in [-0.2, 0) is 7.05 Å². The third-order valence-corrected chi connectivity index (χ3v) is 6.12. The van der Waals surface area contributed by atoms with Crippen LogP contribution in [0.3, 0.4) is 0 Å². The Labute approximate surface area is 180 Å². The van der Waals surface area contributed by atoms with Gasteiger partial charge < -0.3 is 14.0 Å². The first-order valence-electron chi connectivity index (χ1n) is 9.20. The minimum Gasteiger partial charge on any atom is -0.454 e. The fourth-order valence-corrected chi connectivity index (χ4v) is 4.45. The molecule has 0 amide bonds. The lowest BCUT2D eigenvalue weighted by atomic mass is 10.0. The molecule has 0 aliphatic carbocycles. The Hall–Kier alpha value is -2.84. The molecule has 1 N–H and O–H groups in total. The van der Waals surface area contributed by atoms with Gasteiger partial charge in [-0.3, -0.25) is 4.79 Å². The molecule has 0 saturated heterocycles. The maximum atomic E-state index is 14.2. The summed E-state index contributed by atoms with van der Waals surface area (Å²) in [6, 6.07) is 10.5. The molecule has 0 aliphatic heterocycles. The molecule has 0 aliphatic rings. The first-order chi connectivity index (χ1) is 14.5. The normalized spacial score (nSPS) is 11.1. The fraction of sp³-hybridized carbons (Fsp3) is 0.136. The van der Waals surface area contributed by atoms with E-state index in [-0.39, 0.29) is 11.3 Å². The van der Waals surface area contributed by atoms with Gasteiger partial charge in [-0.05, 0) is 41.8 Å². The topological polar surface area (TPSA) is 43.3 Å². The standard InChI is InChI=1S/C22H18F2N2O2S2/c1-3-30-25-14-5-7-19(28-20-6-4-13(23)10-18(20)24)16(11-14)17-12-26(2)22(27)15-8-9-29-21(15)17/h4-12,25H,3H2,1-2H3. The predicted molar refractivity (Wildman–Crippen MR) is 121 cm³/mol. The molecule has 0 fully saturated rings. The minimum atomic E-state index is -0.786. The Kier molecular flexibility index (Phi) is 5.78. The molecule has 0 atom stereocenters. The SMILES string of the molecule is CCSNc1ccc(Oc2ccc(F)cc2F)c(-c2cn(C)c(=O)c3ccsc23)c1. The lowest BCUT2D eigenvalue weighted by Gasteiger charge is -2.15. The fourth-order valence-electron chi connectivity index (χ4n) is 3.10. The van der Waals surface area contributed by atoms with Crippen LogP contribution in [0, 0.1) is 11.6 Å². The zero-order chi connectivity index (χ0) is 21.3. The van der Waals surface area contributed by atoms with E-state index in [0.29, 0.717) is 16.7 Å². The van der Waals surface area contributed by atoms with Gasteiger partial charge in [0, 0.05) is 46.6 Å². The first-order valence-corrected chi connectivity index (χ1v) is 11.1. The van der Waals surface area contributed by atoms with Crippen molar-refractivity contribution in [1.82, 2.24) is 4.57 Å². The zero-order valence-electron chi connectivity index (χ0n) is 16.2. The second-order valence-corrected chi connectivity index (χ2v) is 8.53. The van der Waals surface area contributed by atoms with E-state index in [2.05, 4.69) is 4.72 Å². The van der Waals surface area contributed by atoms with Crippen molar-refractivity contribution in [2.45, 2.75) is 6.92 Å². The molecule has 30 heavy (non-hydrogen) atoms. The third-order valence-electron chi connectivity index (χ3n) is 4.50. The summed E-state index contributed by atoms with van der Waals surface area (Å²) in [5.74, 6) is -0.251. The van der Waals surface area contributed by atoms with Gasteiger partial charge in [0.15, 0.2) is 11.6 Å². The van der Waals surface area contributed by atoms with Gasteiger partial charge in [0.05, 0.1) is 5.39 Å². The number of anilines is 1. The molecule has 2 heterocycles. The summed E-state index contributed by atoms with van der Waals surface area (Å²) in [5, 5.41) is 2.48. The molecule has 4 aromatic rings. The average molecular weight is 445 g/mol. The van der Waals surface area contributed by atoms with E-state index in [0.717, 1.165) is 33.8 Å². The number of nitrogens with zero attached hydrogens (tertiary/aromatic N) is 1. The van der Waals surface area contributed by atoms with Gasteiger partial charge in [-0.15, -0.1) is 11.3 Å². The smallest absolute Gasteiger partial charge is 0.259 e. The number of thiophene rings is 1. The third kappa shape index (κ3) is 3.93. The average Bonchev–Trinajstić information content (AvgIpc) is 3.22. The van der Waals surface area contributed by atoms with Gasteiger partial charge in [-0.1, -0.05) is 18.9 Å². The molecule has 0 unspecified atom stereocenters. The Balaban J connectivity index is 1.89. The van der Waals surface area contributed by atoms with Crippen LogP contribution < -0.4 is 15.0 Å². The molecule has 4 rings (SSSR count). The van der Waals surface area contributed by atoms with Crippen molar-refractivity contribution in [3.8, 4) is 22.6 Å². The van der Waals surface area contributed by atoms with E-state index in [1.807, 2.05) is 24.4 Å². The van der Waals surface area contributed by atoms with Crippen molar-refractivity contribution >= 4 is 39.1 Å². The Morgan fingerprint density at radius 3 is 2.67 bits per heavy atom. The van der Waals surface area contributed by atoms with Crippen LogP contribution in [0.15, 0.2) is 58.8 Å². The molecule has 0 radical (unpaired) electrons. The molecule has 0 saturated carbocycles. The monoisotopic (exact) mass is 444 g/mol. The summed E-state index contributed by atoms with van der Waals surface area (Å²) >= 11 is 3.00. The van der Waals surface area contributed by atoms with Crippen LogP contribution >= 0.6 is 23.3 Å². The number of benzene rings is 2. The van der Waals surface area contributed by atoms with E-state index in [1.165, 1.54) is 22.0 Å². The van der Waals surface area contributed by atoms with Crippen LogP contribution in [0.4, 0.5) is 14.5 Å².